The Labute approximate surface area is 213 Å². The van der Waals surface area contributed by atoms with Gasteiger partial charge in [0.2, 0.25) is 0 Å². The molecule has 0 aliphatic rings. The molecule has 0 bridgehead atoms. The van der Waals surface area contributed by atoms with Gasteiger partial charge in [0.05, 0.1) is 24.9 Å². The van der Waals surface area contributed by atoms with Crippen LogP contribution in [0.25, 0.3) is 10.1 Å². The maximum atomic E-state index is 13.2. The number of carbonyl (C=O) groups excluding carboxylic acids is 1. The summed E-state index contributed by atoms with van der Waals surface area (Å²) in [5.74, 6) is 0.785. The summed E-state index contributed by atoms with van der Waals surface area (Å²) >= 11 is 1.34. The van der Waals surface area contributed by atoms with Crippen molar-refractivity contribution in [2.45, 2.75) is 52.8 Å². The van der Waals surface area contributed by atoms with E-state index in [2.05, 4.69) is 0 Å². The Bertz CT molecular complexity index is 1170. The van der Waals surface area contributed by atoms with Crippen LogP contribution in [0, 0.1) is 13.8 Å². The van der Waals surface area contributed by atoms with Crippen LogP contribution in [0.15, 0.2) is 36.4 Å². The summed E-state index contributed by atoms with van der Waals surface area (Å²) in [5.41, 5.74) is 1.10. The smallest absolute Gasteiger partial charge is 0.416 e. The number of fused-ring (bicyclic) bond motifs is 1. The monoisotopic (exact) mass is 524 g/mol. The minimum atomic E-state index is -4.38. The van der Waals surface area contributed by atoms with E-state index in [0.717, 1.165) is 33.9 Å². The molecule has 9 heteroatoms. The summed E-state index contributed by atoms with van der Waals surface area (Å²) in [6.45, 7) is 8.56. The van der Waals surface area contributed by atoms with Gasteiger partial charge in [0.15, 0.2) is 6.61 Å². The molecule has 1 atom stereocenters. The summed E-state index contributed by atoms with van der Waals surface area (Å²) in [6.07, 6.45) is -3.30. The van der Waals surface area contributed by atoms with Crippen molar-refractivity contribution in [3.05, 3.63) is 58.0 Å². The molecule has 0 aliphatic heterocycles. The van der Waals surface area contributed by atoms with Crippen molar-refractivity contribution in [2.24, 2.45) is 0 Å². The molecule has 0 fully saturated rings. The number of thiophene rings is 1. The average Bonchev–Trinajstić information content (AvgIpc) is 3.16. The fourth-order valence-corrected chi connectivity index (χ4v) is 5.11. The highest BCUT2D eigenvalue weighted by Gasteiger charge is 2.31. The van der Waals surface area contributed by atoms with E-state index in [-0.39, 0.29) is 12.7 Å². The summed E-state index contributed by atoms with van der Waals surface area (Å²) < 4.78 is 62.5. The average molecular weight is 525 g/mol. The van der Waals surface area contributed by atoms with Gasteiger partial charge in [0, 0.05) is 22.6 Å². The maximum absolute atomic E-state index is 13.2. The summed E-state index contributed by atoms with van der Waals surface area (Å²) in [4.78, 5) is 12.4. The molecular formula is C27H31F3O5S. The third-order valence-electron chi connectivity index (χ3n) is 5.56. The second-order valence-electron chi connectivity index (χ2n) is 8.32. The molecule has 1 aromatic heterocycles. The van der Waals surface area contributed by atoms with Gasteiger partial charge in [0.1, 0.15) is 11.5 Å². The van der Waals surface area contributed by atoms with E-state index < -0.39 is 17.7 Å². The Kier molecular flexibility index (Phi) is 9.62. The highest BCUT2D eigenvalue weighted by molar-refractivity contribution is 7.19. The predicted molar refractivity (Wildman–Crippen MR) is 134 cm³/mol. The number of aryl methyl sites for hydroxylation is 2. The Balaban J connectivity index is 1.68. The number of hydrogen-bond donors (Lipinski definition) is 0. The Morgan fingerprint density at radius 1 is 1.03 bits per heavy atom. The molecule has 1 heterocycles. The van der Waals surface area contributed by atoms with Crippen LogP contribution in [0.4, 0.5) is 13.2 Å². The largest absolute Gasteiger partial charge is 0.493 e. The lowest BCUT2D eigenvalue weighted by atomic mass is 10.1. The van der Waals surface area contributed by atoms with Crippen LogP contribution in [-0.2, 0) is 20.4 Å². The van der Waals surface area contributed by atoms with E-state index in [0.29, 0.717) is 42.4 Å². The topological polar surface area (TPSA) is 54.0 Å². The van der Waals surface area contributed by atoms with Gasteiger partial charge in [-0.3, -0.25) is 0 Å². The van der Waals surface area contributed by atoms with Crippen molar-refractivity contribution < 1.29 is 36.9 Å². The summed E-state index contributed by atoms with van der Waals surface area (Å²) in [6, 6.07) is 9.20. The number of halogens is 3. The fourth-order valence-electron chi connectivity index (χ4n) is 3.77. The van der Waals surface area contributed by atoms with Crippen LogP contribution in [-0.4, -0.2) is 32.4 Å². The van der Waals surface area contributed by atoms with Gasteiger partial charge in [-0.05, 0) is 74.0 Å². The number of carbonyl (C=O) groups is 1. The maximum Gasteiger partial charge on any atom is 0.416 e. The number of ether oxygens (including phenoxy) is 4. The summed E-state index contributed by atoms with van der Waals surface area (Å²) in [5, 5.41) is 0.808. The van der Waals surface area contributed by atoms with Crippen molar-refractivity contribution in [1.82, 2.24) is 0 Å². The van der Waals surface area contributed by atoms with Gasteiger partial charge >= 0.3 is 12.1 Å². The van der Waals surface area contributed by atoms with Gasteiger partial charge in [-0.1, -0.05) is 13.0 Å². The Hall–Kier alpha value is -2.78. The van der Waals surface area contributed by atoms with Crippen molar-refractivity contribution >= 4 is 27.4 Å². The molecule has 3 rings (SSSR count). The van der Waals surface area contributed by atoms with Crippen molar-refractivity contribution in [2.75, 3.05) is 26.4 Å². The minimum Gasteiger partial charge on any atom is -0.493 e. The zero-order valence-electron chi connectivity index (χ0n) is 20.9. The van der Waals surface area contributed by atoms with Crippen LogP contribution in [0.5, 0.6) is 11.5 Å². The third kappa shape index (κ3) is 7.13. The molecule has 0 radical (unpaired) electrons. The zero-order valence-corrected chi connectivity index (χ0v) is 21.7. The van der Waals surface area contributed by atoms with E-state index >= 15 is 0 Å². The molecule has 0 aliphatic carbocycles. The first-order valence-corrected chi connectivity index (χ1v) is 12.7. The fraction of sp³-hybridized carbons (Fsp3) is 0.444. The van der Waals surface area contributed by atoms with Crippen molar-refractivity contribution in [3.63, 3.8) is 0 Å². The van der Waals surface area contributed by atoms with E-state index in [4.69, 9.17) is 18.9 Å². The van der Waals surface area contributed by atoms with Gasteiger partial charge in [-0.2, -0.15) is 13.2 Å². The molecule has 1 unspecified atom stereocenters. The SMILES string of the molecule is CCCOC(CCOc1ccc(OCC(=O)OCC)c(C)c1)c1sc2cc(C(F)(F)F)ccc2c1C. The molecule has 5 nitrogen and oxygen atoms in total. The molecule has 0 amide bonds. The molecule has 36 heavy (non-hydrogen) atoms. The van der Waals surface area contributed by atoms with E-state index in [1.165, 1.54) is 23.5 Å². The normalized spacial score (nSPS) is 12.5. The standard InChI is InChI=1S/C27H31F3O5S/c1-5-12-34-23(26-18(4)21-9-7-19(27(28,29)30)15-24(21)36-26)11-13-33-20-8-10-22(17(3)14-20)35-16-25(31)32-6-2/h7-10,14-15,23H,5-6,11-13,16H2,1-4H3. The summed E-state index contributed by atoms with van der Waals surface area (Å²) in [7, 11) is 0. The van der Waals surface area contributed by atoms with Crippen LogP contribution < -0.4 is 9.47 Å². The number of benzene rings is 2. The Morgan fingerprint density at radius 2 is 1.81 bits per heavy atom. The molecule has 3 aromatic rings. The van der Waals surface area contributed by atoms with Crippen LogP contribution in [0.1, 0.15) is 54.4 Å². The van der Waals surface area contributed by atoms with Crippen LogP contribution >= 0.6 is 11.3 Å². The second kappa shape index (κ2) is 12.5. The first kappa shape index (κ1) is 27.8. The van der Waals surface area contributed by atoms with Gasteiger partial charge < -0.3 is 18.9 Å². The van der Waals surface area contributed by atoms with Crippen LogP contribution in [0.2, 0.25) is 0 Å². The van der Waals surface area contributed by atoms with E-state index in [1.54, 1.807) is 19.1 Å². The quantitative estimate of drug-likeness (QED) is 0.231. The van der Waals surface area contributed by atoms with Crippen LogP contribution in [0.3, 0.4) is 0 Å². The first-order chi connectivity index (χ1) is 17.1. The highest BCUT2D eigenvalue weighted by Crippen LogP contribution is 2.40. The minimum absolute atomic E-state index is 0.162. The molecule has 0 saturated heterocycles. The third-order valence-corrected chi connectivity index (χ3v) is 6.91. The van der Waals surface area contributed by atoms with Gasteiger partial charge in [-0.15, -0.1) is 11.3 Å². The molecular weight excluding hydrogens is 493 g/mol. The number of esters is 1. The van der Waals surface area contributed by atoms with E-state index in [1.807, 2.05) is 26.8 Å². The molecule has 0 spiro atoms. The Morgan fingerprint density at radius 3 is 2.47 bits per heavy atom. The lowest BCUT2D eigenvalue weighted by Gasteiger charge is -2.18. The number of rotatable bonds is 12. The van der Waals surface area contributed by atoms with Crippen molar-refractivity contribution in [3.8, 4) is 11.5 Å². The number of hydrogen-bond acceptors (Lipinski definition) is 6. The molecule has 0 saturated carbocycles. The second-order valence-corrected chi connectivity index (χ2v) is 9.40. The molecule has 0 N–H and O–H groups in total. The molecule has 196 valence electrons. The lowest BCUT2D eigenvalue weighted by Crippen LogP contribution is -2.15. The van der Waals surface area contributed by atoms with Crippen molar-refractivity contribution in [1.29, 1.82) is 0 Å². The van der Waals surface area contributed by atoms with Gasteiger partial charge in [-0.25, -0.2) is 4.79 Å². The van der Waals surface area contributed by atoms with Gasteiger partial charge in [0.25, 0.3) is 0 Å². The van der Waals surface area contributed by atoms with E-state index in [9.17, 15) is 18.0 Å². The zero-order chi connectivity index (χ0) is 26.3. The molecule has 2 aromatic carbocycles. The highest BCUT2D eigenvalue weighted by atomic mass is 32.1. The lowest BCUT2D eigenvalue weighted by molar-refractivity contribution is -0.145. The number of alkyl halides is 3. The predicted octanol–water partition coefficient (Wildman–Crippen LogP) is 7.42. The first-order valence-electron chi connectivity index (χ1n) is 11.9.